The van der Waals surface area contributed by atoms with E-state index in [1.165, 1.54) is 23.1 Å². The number of nitrogens with zero attached hydrogens (tertiary/aromatic N) is 4. The number of non-ortho nitro benzene ring substituents is 2. The van der Waals surface area contributed by atoms with Crippen LogP contribution in [0.15, 0.2) is 54.6 Å². The number of cyclic esters (lactones) is 2. The minimum atomic E-state index is -0.839. The number of esters is 2. The number of rotatable bonds is 6. The molecule has 3 aromatic carbocycles. The van der Waals surface area contributed by atoms with Crippen molar-refractivity contribution < 1.29 is 53.3 Å². The number of nitro benzene ring substituents is 2. The third kappa shape index (κ3) is 11.4. The topological polar surface area (TPSA) is 280 Å². The number of carbonyl (C=O) groups excluding carboxylic acids is 7. The summed E-state index contributed by atoms with van der Waals surface area (Å²) in [5.74, 6) is -3.16. The SMILES string of the molecule is C.CC.CC.CCC(=O)Nc1ccc2c(c1)C(=O)N(CC)C2=O.CCN1C(=O)c2ccc([N+](=O)[O-])cc2C1=O.NCO.O=C1OC(=O)c2cc([N+](=O)[O-])ccc21. The van der Waals surface area contributed by atoms with Gasteiger partial charge in [0.25, 0.3) is 35.0 Å². The molecule has 0 fully saturated rings. The summed E-state index contributed by atoms with van der Waals surface area (Å²) in [6, 6.07) is 11.9. The number of ether oxygens (including phenoxy) is 1. The van der Waals surface area contributed by atoms with Gasteiger partial charge in [0.2, 0.25) is 5.91 Å². The standard InChI is InChI=1S/C13H14N2O3.C10H8N2O4.C8H3NO5.2C2H6.CH5NO.CH4/c1-3-11(16)14-8-5-6-9-10(7-8)13(18)15(4-2)12(9)17;1-2-11-9(13)7-4-3-6(12(15)16)5-8(7)10(11)14;10-7-5-2-1-4(9(12)13)3-6(5)8(11)14-7;2*1-2;2-1-3;/h5-7H,3-4H2,1-2H3,(H,14,16);3-5H,2H2,1H3;1-3H;2*1-2H3;3H,1-2H2;1H4. The molecule has 5 amide bonds. The van der Waals surface area contributed by atoms with E-state index >= 15 is 0 Å². The van der Waals surface area contributed by atoms with Crippen LogP contribution in [0, 0.1) is 20.2 Å². The summed E-state index contributed by atoms with van der Waals surface area (Å²) in [6.45, 7) is 13.5. The molecule has 0 aliphatic carbocycles. The molecular formula is C37H46N6O13. The van der Waals surface area contributed by atoms with Crippen molar-refractivity contribution in [2.24, 2.45) is 5.73 Å². The van der Waals surface area contributed by atoms with Crippen LogP contribution in [0.1, 0.15) is 124 Å². The van der Waals surface area contributed by atoms with Crippen LogP contribution in [0.5, 0.6) is 0 Å². The van der Waals surface area contributed by atoms with Crippen molar-refractivity contribution in [2.75, 3.05) is 25.1 Å². The number of amides is 5. The third-order valence-corrected chi connectivity index (χ3v) is 7.21. The van der Waals surface area contributed by atoms with Gasteiger partial charge in [-0.05, 0) is 44.2 Å². The minimum absolute atomic E-state index is 0. The Bertz CT molecular complexity index is 1980. The quantitative estimate of drug-likeness (QED) is 0.0710. The van der Waals surface area contributed by atoms with Gasteiger partial charge in [0, 0.05) is 49.5 Å². The molecule has 3 aliphatic heterocycles. The first-order valence-electron chi connectivity index (χ1n) is 17.0. The van der Waals surface area contributed by atoms with Crippen LogP contribution in [0.4, 0.5) is 17.1 Å². The molecule has 0 bridgehead atoms. The van der Waals surface area contributed by atoms with E-state index in [2.05, 4.69) is 15.8 Å². The highest BCUT2D eigenvalue weighted by atomic mass is 16.6. The van der Waals surface area contributed by atoms with Crippen molar-refractivity contribution in [1.82, 2.24) is 9.80 Å². The van der Waals surface area contributed by atoms with E-state index in [-0.39, 0.29) is 72.1 Å². The first kappa shape index (κ1) is 49.3. The zero-order valence-electron chi connectivity index (χ0n) is 31.2. The Morgan fingerprint density at radius 3 is 1.43 bits per heavy atom. The van der Waals surface area contributed by atoms with Crippen LogP contribution in [-0.4, -0.2) is 86.0 Å². The van der Waals surface area contributed by atoms with Crippen molar-refractivity contribution in [3.8, 4) is 0 Å². The Morgan fingerprint density at radius 1 is 0.661 bits per heavy atom. The number of aliphatic hydroxyl groups is 1. The van der Waals surface area contributed by atoms with Crippen molar-refractivity contribution >= 4 is 58.5 Å². The lowest BCUT2D eigenvalue weighted by Crippen LogP contribution is -2.29. The third-order valence-electron chi connectivity index (χ3n) is 7.21. The van der Waals surface area contributed by atoms with E-state index in [0.29, 0.717) is 29.8 Å². The predicted octanol–water partition coefficient (Wildman–Crippen LogP) is 5.35. The van der Waals surface area contributed by atoms with Gasteiger partial charge in [-0.2, -0.15) is 0 Å². The van der Waals surface area contributed by atoms with Crippen molar-refractivity contribution in [3.05, 3.63) is 108 Å². The fraction of sp³-hybridized carbons (Fsp3) is 0.324. The summed E-state index contributed by atoms with van der Waals surface area (Å²) < 4.78 is 4.27. The highest BCUT2D eigenvalue weighted by Crippen LogP contribution is 2.28. The molecule has 19 nitrogen and oxygen atoms in total. The van der Waals surface area contributed by atoms with Crippen LogP contribution in [0.25, 0.3) is 0 Å². The lowest BCUT2D eigenvalue weighted by molar-refractivity contribution is -0.385. The van der Waals surface area contributed by atoms with Gasteiger partial charge in [0.05, 0.1) is 50.0 Å². The summed E-state index contributed by atoms with van der Waals surface area (Å²) in [7, 11) is 0. The Kier molecular flexibility index (Phi) is 20.4. The van der Waals surface area contributed by atoms with E-state index in [4.69, 9.17) is 5.11 Å². The van der Waals surface area contributed by atoms with Gasteiger partial charge in [-0.25, -0.2) is 9.59 Å². The number of fused-ring (bicyclic) bond motifs is 3. The predicted molar refractivity (Wildman–Crippen MR) is 204 cm³/mol. The van der Waals surface area contributed by atoms with Crippen molar-refractivity contribution in [1.29, 1.82) is 0 Å². The Morgan fingerprint density at radius 2 is 1.02 bits per heavy atom. The van der Waals surface area contributed by atoms with Gasteiger partial charge >= 0.3 is 11.9 Å². The molecule has 3 aliphatic rings. The maximum Gasteiger partial charge on any atom is 0.347 e. The number of aliphatic hydroxyl groups excluding tert-OH is 1. The van der Waals surface area contributed by atoms with E-state index in [1.807, 2.05) is 27.7 Å². The van der Waals surface area contributed by atoms with Gasteiger partial charge in [-0.3, -0.25) is 54.0 Å². The monoisotopic (exact) mass is 782 g/mol. The van der Waals surface area contributed by atoms with Crippen LogP contribution in [0.2, 0.25) is 0 Å². The summed E-state index contributed by atoms with van der Waals surface area (Å²) in [5, 5.41) is 30.9. The molecule has 56 heavy (non-hydrogen) atoms. The Hall–Kier alpha value is -6.73. The largest absolute Gasteiger partial charge is 0.386 e. The van der Waals surface area contributed by atoms with Crippen LogP contribution in [-0.2, 0) is 9.53 Å². The summed E-state index contributed by atoms with van der Waals surface area (Å²) >= 11 is 0. The molecule has 0 saturated heterocycles. The van der Waals surface area contributed by atoms with E-state index in [1.54, 1.807) is 39.0 Å². The first-order valence-corrected chi connectivity index (χ1v) is 17.0. The number of nitro groups is 2. The van der Waals surface area contributed by atoms with Crippen LogP contribution < -0.4 is 11.1 Å². The summed E-state index contributed by atoms with van der Waals surface area (Å²) in [4.78, 5) is 102. The summed E-state index contributed by atoms with van der Waals surface area (Å²) in [5.41, 5.74) is 5.64. The molecular weight excluding hydrogens is 736 g/mol. The number of hydrogen-bond donors (Lipinski definition) is 3. The number of imide groups is 2. The molecule has 0 spiro atoms. The zero-order valence-corrected chi connectivity index (χ0v) is 31.2. The van der Waals surface area contributed by atoms with Gasteiger partial charge < -0.3 is 20.9 Å². The van der Waals surface area contributed by atoms with Crippen molar-refractivity contribution in [2.45, 2.75) is 62.3 Å². The van der Waals surface area contributed by atoms with Crippen molar-refractivity contribution in [3.63, 3.8) is 0 Å². The van der Waals surface area contributed by atoms with Gasteiger partial charge in [-0.15, -0.1) is 0 Å². The smallest absolute Gasteiger partial charge is 0.347 e. The van der Waals surface area contributed by atoms with Gasteiger partial charge in [-0.1, -0.05) is 42.0 Å². The maximum absolute atomic E-state index is 11.9. The van der Waals surface area contributed by atoms with Crippen LogP contribution >= 0.6 is 0 Å². The molecule has 0 unspecified atom stereocenters. The number of carbonyl (C=O) groups is 7. The molecule has 19 heteroatoms. The second kappa shape index (κ2) is 23.1. The number of hydrogen-bond acceptors (Lipinski definition) is 14. The lowest BCUT2D eigenvalue weighted by atomic mass is 10.1. The molecule has 6 rings (SSSR count). The minimum Gasteiger partial charge on any atom is -0.386 e. The highest BCUT2D eigenvalue weighted by molar-refractivity contribution is 6.22. The van der Waals surface area contributed by atoms with E-state index in [9.17, 15) is 53.8 Å². The van der Waals surface area contributed by atoms with Gasteiger partial charge in [0.15, 0.2) is 0 Å². The van der Waals surface area contributed by atoms with Gasteiger partial charge in [0.1, 0.15) is 0 Å². The zero-order chi connectivity index (χ0) is 42.2. The second-order valence-electron chi connectivity index (χ2n) is 10.2. The average Bonchev–Trinajstić information content (AvgIpc) is 3.72. The Labute approximate surface area is 322 Å². The highest BCUT2D eigenvalue weighted by Gasteiger charge is 2.36. The Balaban J connectivity index is 0.000000746. The lowest BCUT2D eigenvalue weighted by Gasteiger charge is -2.08. The fourth-order valence-electron chi connectivity index (χ4n) is 4.77. The molecule has 3 aromatic rings. The number of nitrogens with two attached hydrogens (primary N) is 1. The van der Waals surface area contributed by atoms with E-state index < -0.39 is 33.6 Å². The molecule has 0 radical (unpaired) electrons. The molecule has 0 atom stereocenters. The summed E-state index contributed by atoms with van der Waals surface area (Å²) in [6.07, 6.45) is 0.366. The molecule has 3 heterocycles. The van der Waals surface area contributed by atoms with E-state index in [0.717, 1.165) is 23.1 Å². The fourth-order valence-corrected chi connectivity index (χ4v) is 4.77. The average molecular weight is 783 g/mol. The molecule has 0 aromatic heterocycles. The number of benzene rings is 3. The number of anilines is 1. The normalized spacial score (nSPS) is 12.4. The number of nitrogens with one attached hydrogen (secondary N) is 1. The molecule has 302 valence electrons. The first-order chi connectivity index (χ1) is 26.1. The second-order valence-corrected chi connectivity index (χ2v) is 10.2. The molecule has 0 saturated carbocycles. The molecule has 4 N–H and O–H groups in total. The maximum atomic E-state index is 11.9. The van der Waals surface area contributed by atoms with Crippen LogP contribution in [0.3, 0.4) is 0 Å².